The van der Waals surface area contributed by atoms with E-state index >= 15 is 0 Å². The van der Waals surface area contributed by atoms with Crippen molar-refractivity contribution in [3.8, 4) is 0 Å². The van der Waals surface area contributed by atoms with Crippen LogP contribution in [0.25, 0.3) is 60.2 Å². The summed E-state index contributed by atoms with van der Waals surface area (Å²) >= 11 is 3.80. The first kappa shape index (κ1) is 24.9. The van der Waals surface area contributed by atoms with Gasteiger partial charge in [-0.2, -0.15) is 0 Å². The third-order valence-corrected chi connectivity index (χ3v) is 15.5. The number of hydrogen-bond acceptors (Lipinski definition) is 3. The Balaban J connectivity index is 1.43. The van der Waals surface area contributed by atoms with Gasteiger partial charge >= 0.3 is 256 Å². The van der Waals surface area contributed by atoms with Gasteiger partial charge in [0.25, 0.3) is 0 Å². The first-order valence-electron chi connectivity index (χ1n) is 14.2. The van der Waals surface area contributed by atoms with Gasteiger partial charge in [0.2, 0.25) is 0 Å². The van der Waals surface area contributed by atoms with Crippen molar-refractivity contribution in [3.05, 3.63) is 140 Å². The molecule has 43 heavy (non-hydrogen) atoms. The number of pyridine rings is 3. The molecule has 0 bridgehead atoms. The Morgan fingerprint density at radius 3 is 2.14 bits per heavy atom. The number of hydrogen-bond donors (Lipinski definition) is 0. The van der Waals surface area contributed by atoms with Crippen molar-refractivity contribution in [1.82, 2.24) is 19.4 Å². The average molecular weight is 634 g/mol. The third kappa shape index (κ3) is 3.63. The molecule has 0 aliphatic heterocycles. The number of aromatic nitrogens is 4. The van der Waals surface area contributed by atoms with Crippen LogP contribution in [0, 0.1) is 0 Å². The summed E-state index contributed by atoms with van der Waals surface area (Å²) in [6, 6.07) is 45.5. The third-order valence-electron chi connectivity index (χ3n) is 8.52. The molecule has 0 radical (unpaired) electrons. The Hall–Kier alpha value is -4.66. The van der Waals surface area contributed by atoms with Crippen molar-refractivity contribution in [3.63, 3.8) is 0 Å². The molecule has 4 nitrogen and oxygen atoms in total. The molecule has 0 fully saturated rings. The normalized spacial score (nSPS) is 13.4. The maximum atomic E-state index is 5.20. The van der Waals surface area contributed by atoms with E-state index in [-0.39, 0.29) is 0 Å². The van der Waals surface area contributed by atoms with Gasteiger partial charge < -0.3 is 0 Å². The molecule has 1 unspecified atom stereocenters. The van der Waals surface area contributed by atoms with Gasteiger partial charge in [0, 0.05) is 0 Å². The van der Waals surface area contributed by atoms with Crippen LogP contribution in [0.4, 0.5) is 0 Å². The molecule has 0 N–H and O–H groups in total. The number of fused-ring (bicyclic) bond motifs is 10. The molecule has 0 aliphatic rings. The SMILES string of the molecule is [Se]=P(c1ccc2cccnc2c1)(c1ccc2c3ccccc3n3c4ccccc4nc3c2c1)c1ccnc2ccccc12. The van der Waals surface area contributed by atoms with Gasteiger partial charge in [-0.05, 0) is 0 Å². The first-order valence-corrected chi connectivity index (χ1v) is 18.2. The summed E-state index contributed by atoms with van der Waals surface area (Å²) in [4.78, 5) is 14.7. The molecule has 4 aromatic heterocycles. The van der Waals surface area contributed by atoms with E-state index in [1.807, 2.05) is 18.5 Å². The first-order chi connectivity index (χ1) is 21.2. The second kappa shape index (κ2) is 9.42. The molecule has 0 aliphatic carbocycles. The predicted molar refractivity (Wildman–Crippen MR) is 183 cm³/mol. The molecule has 4 heterocycles. The zero-order chi connectivity index (χ0) is 28.5. The molecule has 0 saturated carbocycles. The standard InChI is InChI=1S/C37H23N4PSe/c43-42(26-16-15-24-8-7-20-38-33(24)23-26,36-19-21-39-31-11-3-1-10-29(31)36)25-17-18-27-28-9-2-5-13-34(28)41-35-14-6-4-12-32(35)40-37(41)30(27)22-25/h1-23H. The summed E-state index contributed by atoms with van der Waals surface area (Å²) in [5.41, 5.74) is 3.94. The predicted octanol–water partition coefficient (Wildman–Crippen LogP) is 7.27. The van der Waals surface area contributed by atoms with Crippen molar-refractivity contribution in [2.45, 2.75) is 0 Å². The Kier molecular flexibility index (Phi) is 5.45. The molecule has 1 atom stereocenters. The second-order valence-corrected chi connectivity index (χ2v) is 17.0. The molecule has 6 heteroatoms. The summed E-state index contributed by atoms with van der Waals surface area (Å²) in [5, 5.41) is 9.60. The molecule has 9 rings (SSSR count). The van der Waals surface area contributed by atoms with Gasteiger partial charge in [-0.15, -0.1) is 0 Å². The fourth-order valence-corrected chi connectivity index (χ4v) is 11.8. The van der Waals surface area contributed by atoms with Gasteiger partial charge in [-0.25, -0.2) is 0 Å². The van der Waals surface area contributed by atoms with Crippen LogP contribution in [0.5, 0.6) is 0 Å². The fourth-order valence-electron chi connectivity index (χ4n) is 6.53. The molecular formula is C37H23N4PSe. The van der Waals surface area contributed by atoms with Gasteiger partial charge in [0.15, 0.2) is 0 Å². The topological polar surface area (TPSA) is 43.1 Å². The van der Waals surface area contributed by atoms with Crippen LogP contribution in [-0.4, -0.2) is 34.5 Å². The van der Waals surface area contributed by atoms with Gasteiger partial charge in [0.05, 0.1) is 0 Å². The Bertz CT molecular complexity index is 2620. The summed E-state index contributed by atoms with van der Waals surface area (Å²) in [6.07, 6.45) is 3.81. The zero-order valence-electron chi connectivity index (χ0n) is 22.9. The summed E-state index contributed by atoms with van der Waals surface area (Å²) in [7, 11) is 0. The molecular weight excluding hydrogens is 610 g/mol. The molecule has 9 aromatic rings. The number of imidazole rings is 1. The molecule has 0 amide bonds. The van der Waals surface area contributed by atoms with Gasteiger partial charge in [-0.3, -0.25) is 0 Å². The van der Waals surface area contributed by atoms with E-state index in [9.17, 15) is 0 Å². The maximum absolute atomic E-state index is 5.20. The van der Waals surface area contributed by atoms with Crippen LogP contribution in [-0.2, 0) is 0 Å². The molecule has 5 aromatic carbocycles. The number of para-hydroxylation sites is 4. The van der Waals surface area contributed by atoms with Gasteiger partial charge in [-0.1, -0.05) is 0 Å². The van der Waals surface area contributed by atoms with E-state index in [4.69, 9.17) is 15.0 Å². The summed E-state index contributed by atoms with van der Waals surface area (Å²) < 4.78 is 2.32. The molecule has 0 saturated heterocycles. The summed E-state index contributed by atoms with van der Waals surface area (Å²) in [6.45, 7) is 0. The van der Waals surface area contributed by atoms with Gasteiger partial charge in [0.1, 0.15) is 0 Å². The van der Waals surface area contributed by atoms with Crippen LogP contribution in [0.15, 0.2) is 140 Å². The van der Waals surface area contributed by atoms with Crippen molar-refractivity contribution in [1.29, 1.82) is 0 Å². The number of nitrogens with zero attached hydrogens (tertiary/aromatic N) is 4. The van der Waals surface area contributed by atoms with E-state index in [0.29, 0.717) is 0 Å². The zero-order valence-corrected chi connectivity index (χ0v) is 25.5. The number of rotatable bonds is 3. The Labute approximate surface area is 254 Å². The fraction of sp³-hybridized carbons (Fsp3) is 0. The van der Waals surface area contributed by atoms with Crippen LogP contribution >= 0.6 is 5.51 Å². The van der Waals surface area contributed by atoms with Crippen LogP contribution in [0.1, 0.15) is 0 Å². The van der Waals surface area contributed by atoms with Crippen molar-refractivity contribution >= 4 is 96.7 Å². The van der Waals surface area contributed by atoms with Crippen LogP contribution < -0.4 is 15.9 Å². The van der Waals surface area contributed by atoms with E-state index in [1.54, 1.807) is 0 Å². The number of benzene rings is 5. The van der Waals surface area contributed by atoms with E-state index < -0.39 is 5.51 Å². The molecule has 202 valence electrons. The van der Waals surface area contributed by atoms with E-state index in [1.165, 1.54) is 26.7 Å². The van der Waals surface area contributed by atoms with Crippen LogP contribution in [0.2, 0.25) is 0 Å². The van der Waals surface area contributed by atoms with Crippen molar-refractivity contribution < 1.29 is 0 Å². The monoisotopic (exact) mass is 634 g/mol. The minimum absolute atomic E-state index is 0.975. The Morgan fingerprint density at radius 2 is 1.23 bits per heavy atom. The van der Waals surface area contributed by atoms with E-state index in [2.05, 4.69) is 141 Å². The van der Waals surface area contributed by atoms with Crippen molar-refractivity contribution in [2.75, 3.05) is 0 Å². The second-order valence-electron chi connectivity index (χ2n) is 10.8. The summed E-state index contributed by atoms with van der Waals surface area (Å²) in [5.74, 6) is 0. The Morgan fingerprint density at radius 1 is 0.512 bits per heavy atom. The van der Waals surface area contributed by atoms with E-state index in [0.717, 1.165) is 49.4 Å². The average Bonchev–Trinajstić information content (AvgIpc) is 3.47. The van der Waals surface area contributed by atoms with Crippen molar-refractivity contribution in [2.24, 2.45) is 0 Å². The quantitative estimate of drug-likeness (QED) is 0.117. The molecule has 0 spiro atoms. The van der Waals surface area contributed by atoms with Crippen LogP contribution in [0.3, 0.4) is 0 Å². The minimum atomic E-state index is -2.30.